The zero-order chi connectivity index (χ0) is 13.0. The Morgan fingerprint density at radius 2 is 1.89 bits per heavy atom. The van der Waals surface area contributed by atoms with Crippen LogP contribution < -0.4 is 5.32 Å². The summed E-state index contributed by atoms with van der Waals surface area (Å²) in [5.41, 5.74) is 3.08. The van der Waals surface area contributed by atoms with Gasteiger partial charge in [0.05, 0.1) is 0 Å². The fraction of sp³-hybridized carbons (Fsp3) is 0.267. The largest absolute Gasteiger partial charge is 0.353 e. The molecule has 0 saturated heterocycles. The summed E-state index contributed by atoms with van der Waals surface area (Å²) in [7, 11) is 0. The van der Waals surface area contributed by atoms with E-state index in [-0.39, 0.29) is 5.91 Å². The number of amides is 1. The van der Waals surface area contributed by atoms with Crippen LogP contribution in [-0.2, 0) is 6.54 Å². The number of hydrogen-bond donors (Lipinski definition) is 1. The van der Waals surface area contributed by atoms with Crippen molar-refractivity contribution >= 4 is 5.91 Å². The highest BCUT2D eigenvalue weighted by Gasteiger charge is 2.05. The lowest BCUT2D eigenvalue weighted by atomic mass is 10.1. The standard InChI is InChI=1S/C15H18N2O/c1-12-5-6-14(11-13(12)2)15(18)16-7-10-17-8-3-4-9-17/h3-6,8-9,11H,7,10H2,1-2H3,(H,16,18). The summed E-state index contributed by atoms with van der Waals surface area (Å²) >= 11 is 0. The topological polar surface area (TPSA) is 34.0 Å². The number of hydrogen-bond acceptors (Lipinski definition) is 1. The van der Waals surface area contributed by atoms with E-state index in [0.717, 1.165) is 17.7 Å². The minimum atomic E-state index is -0.00902. The molecule has 0 fully saturated rings. The SMILES string of the molecule is Cc1ccc(C(=O)NCCn2cccc2)cc1C. The molecule has 0 saturated carbocycles. The Balaban J connectivity index is 1.89. The highest BCUT2D eigenvalue weighted by atomic mass is 16.1. The smallest absolute Gasteiger partial charge is 0.251 e. The average molecular weight is 242 g/mol. The number of rotatable bonds is 4. The number of nitrogens with zero attached hydrogens (tertiary/aromatic N) is 1. The van der Waals surface area contributed by atoms with Crippen LogP contribution in [0.3, 0.4) is 0 Å². The van der Waals surface area contributed by atoms with Crippen molar-refractivity contribution in [1.82, 2.24) is 9.88 Å². The summed E-state index contributed by atoms with van der Waals surface area (Å²) in [5.74, 6) is -0.00902. The summed E-state index contributed by atoms with van der Waals surface area (Å²) in [6.45, 7) is 5.50. The summed E-state index contributed by atoms with van der Waals surface area (Å²) in [6, 6.07) is 9.74. The van der Waals surface area contributed by atoms with Crippen LogP contribution in [0, 0.1) is 13.8 Å². The fourth-order valence-corrected chi connectivity index (χ4v) is 1.80. The number of aromatic nitrogens is 1. The minimum absolute atomic E-state index is 0.00902. The summed E-state index contributed by atoms with van der Waals surface area (Å²) in [4.78, 5) is 11.9. The number of carbonyl (C=O) groups is 1. The van der Waals surface area contributed by atoms with Gasteiger partial charge in [-0.2, -0.15) is 0 Å². The molecule has 94 valence electrons. The molecule has 0 unspecified atom stereocenters. The van der Waals surface area contributed by atoms with Crippen molar-refractivity contribution in [2.45, 2.75) is 20.4 Å². The second kappa shape index (κ2) is 5.54. The average Bonchev–Trinajstić information content (AvgIpc) is 2.85. The molecule has 0 aliphatic heterocycles. The van der Waals surface area contributed by atoms with Crippen molar-refractivity contribution in [3.63, 3.8) is 0 Å². The third kappa shape index (κ3) is 3.00. The van der Waals surface area contributed by atoms with E-state index in [1.54, 1.807) is 0 Å². The van der Waals surface area contributed by atoms with E-state index in [9.17, 15) is 4.79 Å². The van der Waals surface area contributed by atoms with Gasteiger partial charge >= 0.3 is 0 Å². The monoisotopic (exact) mass is 242 g/mol. The van der Waals surface area contributed by atoms with Crippen molar-refractivity contribution in [3.8, 4) is 0 Å². The van der Waals surface area contributed by atoms with E-state index < -0.39 is 0 Å². The Bertz CT molecular complexity index is 529. The normalized spacial score (nSPS) is 10.3. The number of aryl methyl sites for hydroxylation is 2. The molecule has 3 nitrogen and oxygen atoms in total. The molecule has 0 bridgehead atoms. The Morgan fingerprint density at radius 3 is 2.56 bits per heavy atom. The van der Waals surface area contributed by atoms with Crippen LogP contribution in [0.4, 0.5) is 0 Å². The van der Waals surface area contributed by atoms with Crippen LogP contribution in [0.5, 0.6) is 0 Å². The van der Waals surface area contributed by atoms with Gasteiger partial charge in [-0.3, -0.25) is 4.79 Å². The molecule has 1 N–H and O–H groups in total. The zero-order valence-electron chi connectivity index (χ0n) is 10.8. The fourth-order valence-electron chi connectivity index (χ4n) is 1.80. The molecule has 0 aliphatic rings. The van der Waals surface area contributed by atoms with Crippen molar-refractivity contribution in [1.29, 1.82) is 0 Å². The van der Waals surface area contributed by atoms with Gasteiger partial charge < -0.3 is 9.88 Å². The quantitative estimate of drug-likeness (QED) is 0.878. The van der Waals surface area contributed by atoms with Gasteiger partial charge in [0.1, 0.15) is 0 Å². The first kappa shape index (κ1) is 12.4. The lowest BCUT2D eigenvalue weighted by Crippen LogP contribution is -2.27. The summed E-state index contributed by atoms with van der Waals surface area (Å²) < 4.78 is 2.04. The molecular formula is C15H18N2O. The molecule has 2 aromatic rings. The van der Waals surface area contributed by atoms with E-state index in [4.69, 9.17) is 0 Å². The molecule has 0 atom stereocenters. The minimum Gasteiger partial charge on any atom is -0.353 e. The Labute approximate surface area is 107 Å². The van der Waals surface area contributed by atoms with Crippen LogP contribution in [-0.4, -0.2) is 17.0 Å². The van der Waals surface area contributed by atoms with Crippen molar-refractivity contribution < 1.29 is 4.79 Å². The van der Waals surface area contributed by atoms with Gasteiger partial charge in [-0.05, 0) is 49.2 Å². The predicted molar refractivity (Wildman–Crippen MR) is 72.7 cm³/mol. The Kier molecular flexibility index (Phi) is 3.82. The van der Waals surface area contributed by atoms with Gasteiger partial charge in [0, 0.05) is 31.0 Å². The van der Waals surface area contributed by atoms with Crippen LogP contribution in [0.2, 0.25) is 0 Å². The van der Waals surface area contributed by atoms with Gasteiger partial charge in [-0.1, -0.05) is 6.07 Å². The van der Waals surface area contributed by atoms with Gasteiger partial charge in [0.15, 0.2) is 0 Å². The number of nitrogens with one attached hydrogen (secondary N) is 1. The van der Waals surface area contributed by atoms with Crippen LogP contribution in [0.15, 0.2) is 42.7 Å². The molecule has 3 heteroatoms. The zero-order valence-corrected chi connectivity index (χ0v) is 10.8. The first-order valence-corrected chi connectivity index (χ1v) is 6.13. The molecule has 1 aromatic carbocycles. The maximum atomic E-state index is 11.9. The summed E-state index contributed by atoms with van der Waals surface area (Å²) in [6.07, 6.45) is 3.98. The van der Waals surface area contributed by atoms with Gasteiger partial charge in [-0.25, -0.2) is 0 Å². The Morgan fingerprint density at radius 1 is 1.17 bits per heavy atom. The lowest BCUT2D eigenvalue weighted by Gasteiger charge is -2.07. The Hall–Kier alpha value is -2.03. The molecule has 18 heavy (non-hydrogen) atoms. The van der Waals surface area contributed by atoms with Crippen LogP contribution >= 0.6 is 0 Å². The van der Waals surface area contributed by atoms with Gasteiger partial charge in [0.25, 0.3) is 5.91 Å². The second-order valence-electron chi connectivity index (χ2n) is 4.48. The maximum absolute atomic E-state index is 11.9. The van der Waals surface area contributed by atoms with Crippen molar-refractivity contribution in [3.05, 3.63) is 59.4 Å². The molecule has 0 aliphatic carbocycles. The van der Waals surface area contributed by atoms with Crippen molar-refractivity contribution in [2.75, 3.05) is 6.54 Å². The van der Waals surface area contributed by atoms with Crippen molar-refractivity contribution in [2.24, 2.45) is 0 Å². The van der Waals surface area contributed by atoms with Gasteiger partial charge in [-0.15, -0.1) is 0 Å². The van der Waals surface area contributed by atoms with Crippen LogP contribution in [0.1, 0.15) is 21.5 Å². The molecular weight excluding hydrogens is 224 g/mol. The third-order valence-corrected chi connectivity index (χ3v) is 3.09. The summed E-state index contributed by atoms with van der Waals surface area (Å²) in [5, 5.41) is 2.92. The molecule has 1 heterocycles. The molecule has 1 aromatic heterocycles. The predicted octanol–water partition coefficient (Wildman–Crippen LogP) is 2.53. The highest BCUT2D eigenvalue weighted by Crippen LogP contribution is 2.09. The maximum Gasteiger partial charge on any atom is 0.251 e. The van der Waals surface area contributed by atoms with E-state index in [0.29, 0.717) is 6.54 Å². The number of carbonyl (C=O) groups excluding carboxylic acids is 1. The molecule has 0 spiro atoms. The third-order valence-electron chi connectivity index (χ3n) is 3.09. The van der Waals surface area contributed by atoms with E-state index >= 15 is 0 Å². The molecule has 0 radical (unpaired) electrons. The van der Waals surface area contributed by atoms with E-state index in [1.807, 2.05) is 61.1 Å². The van der Waals surface area contributed by atoms with Crippen LogP contribution in [0.25, 0.3) is 0 Å². The number of benzene rings is 1. The second-order valence-corrected chi connectivity index (χ2v) is 4.48. The molecule has 1 amide bonds. The van der Waals surface area contributed by atoms with E-state index in [2.05, 4.69) is 5.32 Å². The molecule has 2 rings (SSSR count). The van der Waals surface area contributed by atoms with Gasteiger partial charge in [0.2, 0.25) is 0 Å². The first-order chi connectivity index (χ1) is 8.66. The first-order valence-electron chi connectivity index (χ1n) is 6.13. The highest BCUT2D eigenvalue weighted by molar-refractivity contribution is 5.94. The lowest BCUT2D eigenvalue weighted by molar-refractivity contribution is 0.0952. The van der Waals surface area contributed by atoms with E-state index in [1.165, 1.54) is 5.56 Å².